The van der Waals surface area contributed by atoms with E-state index >= 15 is 0 Å². The molecule has 0 spiro atoms. The predicted octanol–water partition coefficient (Wildman–Crippen LogP) is 1.73. The Morgan fingerprint density at radius 3 is 2.47 bits per heavy atom. The molecule has 0 aliphatic carbocycles. The summed E-state index contributed by atoms with van der Waals surface area (Å²) < 4.78 is 0. The topological polar surface area (TPSA) is 69.6 Å². The summed E-state index contributed by atoms with van der Waals surface area (Å²) in [6, 6.07) is 0. The number of aliphatic hydroxyl groups excluding tert-OH is 1. The minimum atomic E-state index is -0.787. The van der Waals surface area contributed by atoms with Crippen LogP contribution in [0.1, 0.15) is 39.5 Å². The summed E-state index contributed by atoms with van der Waals surface area (Å²) >= 11 is 1.82. The zero-order valence-electron chi connectivity index (χ0n) is 10.9. The molecule has 1 unspecified atom stereocenters. The lowest BCUT2D eigenvalue weighted by molar-refractivity contribution is -0.144. The monoisotopic (exact) mass is 263 g/mol. The number of carbonyl (C=O) groups is 1. The number of hydrogen-bond donors (Lipinski definition) is 3. The van der Waals surface area contributed by atoms with Gasteiger partial charge in [0.25, 0.3) is 0 Å². The molecule has 0 heterocycles. The molecule has 0 aliphatic heterocycles. The van der Waals surface area contributed by atoms with Crippen LogP contribution in [-0.2, 0) is 4.79 Å². The molecule has 102 valence electrons. The van der Waals surface area contributed by atoms with Crippen LogP contribution in [0, 0.1) is 0 Å². The van der Waals surface area contributed by atoms with Gasteiger partial charge in [-0.3, -0.25) is 4.79 Å². The number of aliphatic carboxylic acids is 1. The first kappa shape index (κ1) is 16.7. The molecular formula is C12H25NO3S. The van der Waals surface area contributed by atoms with Gasteiger partial charge in [-0.15, -0.1) is 0 Å². The first-order chi connectivity index (χ1) is 8.06. The van der Waals surface area contributed by atoms with Crippen LogP contribution in [-0.4, -0.2) is 46.4 Å². The first-order valence-corrected chi connectivity index (χ1v) is 7.39. The van der Waals surface area contributed by atoms with Crippen molar-refractivity contribution in [1.82, 2.24) is 5.32 Å². The zero-order chi connectivity index (χ0) is 13.1. The summed E-state index contributed by atoms with van der Waals surface area (Å²) in [5.74, 6) is 1.26. The van der Waals surface area contributed by atoms with E-state index in [9.17, 15) is 4.79 Å². The lowest BCUT2D eigenvalue weighted by atomic mass is 9.95. The average Bonchev–Trinajstić information content (AvgIpc) is 2.28. The van der Waals surface area contributed by atoms with Gasteiger partial charge in [-0.1, -0.05) is 13.3 Å². The van der Waals surface area contributed by atoms with Crippen molar-refractivity contribution in [2.45, 2.75) is 45.1 Å². The maximum atomic E-state index is 11.1. The normalized spacial score (nSPS) is 14.5. The van der Waals surface area contributed by atoms with Crippen LogP contribution in [0.4, 0.5) is 0 Å². The van der Waals surface area contributed by atoms with Crippen molar-refractivity contribution in [3.8, 4) is 0 Å². The van der Waals surface area contributed by atoms with Crippen LogP contribution in [0.5, 0.6) is 0 Å². The van der Waals surface area contributed by atoms with Crippen molar-refractivity contribution in [3.63, 3.8) is 0 Å². The van der Waals surface area contributed by atoms with Gasteiger partial charge < -0.3 is 15.5 Å². The van der Waals surface area contributed by atoms with E-state index in [1.165, 1.54) is 0 Å². The molecule has 0 rings (SSSR count). The third kappa shape index (κ3) is 7.63. The molecular weight excluding hydrogens is 238 g/mol. The van der Waals surface area contributed by atoms with Crippen molar-refractivity contribution in [3.05, 3.63) is 0 Å². The molecule has 0 radical (unpaired) electrons. The number of likely N-dealkylation sites (N-methyl/N-ethyl adjacent to an activating group) is 1. The van der Waals surface area contributed by atoms with E-state index in [0.717, 1.165) is 30.8 Å². The maximum Gasteiger partial charge on any atom is 0.323 e. The van der Waals surface area contributed by atoms with E-state index in [-0.39, 0.29) is 6.61 Å². The summed E-state index contributed by atoms with van der Waals surface area (Å²) in [6.45, 7) is 4.60. The molecule has 3 N–H and O–H groups in total. The lowest BCUT2D eigenvalue weighted by Gasteiger charge is -2.25. The van der Waals surface area contributed by atoms with Crippen LogP contribution in [0.15, 0.2) is 0 Å². The van der Waals surface area contributed by atoms with Crippen molar-refractivity contribution >= 4 is 17.7 Å². The average molecular weight is 263 g/mol. The van der Waals surface area contributed by atoms with E-state index < -0.39 is 11.5 Å². The number of aliphatic hydroxyl groups is 1. The van der Waals surface area contributed by atoms with Crippen molar-refractivity contribution in [2.24, 2.45) is 0 Å². The molecule has 0 amide bonds. The molecule has 1 atom stereocenters. The minimum absolute atomic E-state index is 0.254. The number of nitrogens with one attached hydrogen (secondary N) is 1. The Kier molecular flexibility index (Phi) is 9.59. The summed E-state index contributed by atoms with van der Waals surface area (Å²) in [6.07, 6.45) is 3.46. The fourth-order valence-corrected chi connectivity index (χ4v) is 2.56. The number of thioether (sulfide) groups is 1. The van der Waals surface area contributed by atoms with E-state index in [1.54, 1.807) is 6.92 Å². The second-order valence-electron chi connectivity index (χ2n) is 4.31. The third-order valence-electron chi connectivity index (χ3n) is 2.70. The number of hydrogen-bond acceptors (Lipinski definition) is 4. The third-order valence-corrected chi connectivity index (χ3v) is 3.86. The molecule has 0 aromatic carbocycles. The van der Waals surface area contributed by atoms with Crippen LogP contribution in [0.2, 0.25) is 0 Å². The van der Waals surface area contributed by atoms with Gasteiger partial charge in [0.05, 0.1) is 0 Å². The van der Waals surface area contributed by atoms with E-state index in [1.807, 2.05) is 18.7 Å². The van der Waals surface area contributed by atoms with Crippen molar-refractivity contribution in [2.75, 3.05) is 24.7 Å². The Morgan fingerprint density at radius 1 is 1.29 bits per heavy atom. The smallest absolute Gasteiger partial charge is 0.323 e. The van der Waals surface area contributed by atoms with Crippen LogP contribution in [0.25, 0.3) is 0 Å². The number of rotatable bonds is 11. The summed E-state index contributed by atoms with van der Waals surface area (Å²) in [4.78, 5) is 11.1. The predicted molar refractivity (Wildman–Crippen MR) is 72.6 cm³/mol. The Hall–Kier alpha value is -0.260. The lowest BCUT2D eigenvalue weighted by Crippen LogP contribution is -2.49. The fraction of sp³-hybridized carbons (Fsp3) is 0.917. The number of unbranched alkanes of at least 4 members (excludes halogenated alkanes) is 1. The number of carboxylic acids is 1. The molecule has 5 heteroatoms. The minimum Gasteiger partial charge on any atom is -0.480 e. The fourth-order valence-electron chi connectivity index (χ4n) is 1.61. The summed E-state index contributed by atoms with van der Waals surface area (Å²) in [5, 5.41) is 20.8. The van der Waals surface area contributed by atoms with Crippen LogP contribution in [0.3, 0.4) is 0 Å². The highest BCUT2D eigenvalue weighted by atomic mass is 32.2. The Labute approximate surface area is 108 Å². The van der Waals surface area contributed by atoms with Gasteiger partial charge in [-0.25, -0.2) is 0 Å². The quantitative estimate of drug-likeness (QED) is 0.495. The van der Waals surface area contributed by atoms with Gasteiger partial charge in [-0.2, -0.15) is 11.8 Å². The van der Waals surface area contributed by atoms with Crippen LogP contribution < -0.4 is 5.32 Å². The van der Waals surface area contributed by atoms with Gasteiger partial charge >= 0.3 is 5.97 Å². The molecule has 0 bridgehead atoms. The molecule has 0 saturated carbocycles. The van der Waals surface area contributed by atoms with Crippen LogP contribution >= 0.6 is 11.8 Å². The highest BCUT2D eigenvalue weighted by molar-refractivity contribution is 7.99. The molecule has 0 aromatic heterocycles. The number of carboxylic acid groups (broad SMARTS) is 1. The molecule has 4 nitrogen and oxygen atoms in total. The highest BCUT2D eigenvalue weighted by Crippen LogP contribution is 2.16. The van der Waals surface area contributed by atoms with Crippen molar-refractivity contribution in [1.29, 1.82) is 0 Å². The Balaban J connectivity index is 3.65. The zero-order valence-corrected chi connectivity index (χ0v) is 11.7. The van der Waals surface area contributed by atoms with Gasteiger partial charge in [0.15, 0.2) is 0 Å². The van der Waals surface area contributed by atoms with Gasteiger partial charge in [-0.05, 0) is 44.2 Å². The van der Waals surface area contributed by atoms with Crippen molar-refractivity contribution < 1.29 is 15.0 Å². The second-order valence-corrected chi connectivity index (χ2v) is 5.54. The summed E-state index contributed by atoms with van der Waals surface area (Å²) in [5.41, 5.74) is -0.787. The Bertz CT molecular complexity index is 214. The molecule has 0 saturated heterocycles. The van der Waals surface area contributed by atoms with Gasteiger partial charge in [0, 0.05) is 6.61 Å². The highest BCUT2D eigenvalue weighted by Gasteiger charge is 2.30. The first-order valence-electron chi connectivity index (χ1n) is 6.24. The molecule has 17 heavy (non-hydrogen) atoms. The van der Waals surface area contributed by atoms with Gasteiger partial charge in [0.1, 0.15) is 5.54 Å². The summed E-state index contributed by atoms with van der Waals surface area (Å²) in [7, 11) is 0. The molecule has 0 fully saturated rings. The Morgan fingerprint density at radius 2 is 1.94 bits per heavy atom. The maximum absolute atomic E-state index is 11.1. The largest absolute Gasteiger partial charge is 0.480 e. The SMILES string of the molecule is CCNC(C)(CCCCSCCCO)C(=O)O. The van der Waals surface area contributed by atoms with Gasteiger partial charge in [0.2, 0.25) is 0 Å². The van der Waals surface area contributed by atoms with E-state index in [4.69, 9.17) is 10.2 Å². The second kappa shape index (κ2) is 9.74. The van der Waals surface area contributed by atoms with E-state index in [0.29, 0.717) is 13.0 Å². The molecule has 0 aromatic rings. The standard InChI is InChI=1S/C12H25NO3S/c1-3-13-12(2,11(15)16)7-4-5-9-17-10-6-8-14/h13-14H,3-10H2,1-2H3,(H,15,16). The van der Waals surface area contributed by atoms with E-state index in [2.05, 4.69) is 5.32 Å². The molecule has 0 aliphatic rings.